The van der Waals surface area contributed by atoms with Gasteiger partial charge in [0.05, 0.1) is 17.2 Å². The van der Waals surface area contributed by atoms with E-state index in [1.54, 1.807) is 31.2 Å². The number of hydrogen-bond acceptors (Lipinski definition) is 3. The molecule has 0 aliphatic heterocycles. The molecule has 0 radical (unpaired) electrons. The first-order valence-corrected chi connectivity index (χ1v) is 6.56. The van der Waals surface area contributed by atoms with E-state index in [1.165, 1.54) is 4.90 Å². The molecule has 0 saturated heterocycles. The van der Waals surface area contributed by atoms with Gasteiger partial charge < -0.3 is 9.64 Å². The summed E-state index contributed by atoms with van der Waals surface area (Å²) in [5.74, 6) is -0.690. The summed E-state index contributed by atoms with van der Waals surface area (Å²) in [6.45, 7) is 5.63. The fourth-order valence-corrected chi connectivity index (χ4v) is 1.84. The summed E-state index contributed by atoms with van der Waals surface area (Å²) in [6.07, 6.45) is 0. The zero-order chi connectivity index (χ0) is 14.4. The summed E-state index contributed by atoms with van der Waals surface area (Å²) in [7, 11) is 0. The summed E-state index contributed by atoms with van der Waals surface area (Å²) in [6, 6.07) is 6.67. The highest BCUT2D eigenvalue weighted by Crippen LogP contribution is 2.18. The molecule has 1 aromatic rings. The van der Waals surface area contributed by atoms with Crippen LogP contribution in [-0.4, -0.2) is 36.0 Å². The largest absolute Gasteiger partial charge is 0.465 e. The zero-order valence-electron chi connectivity index (χ0n) is 11.4. The maximum absolute atomic E-state index is 12.4. The number of hydrogen-bond donors (Lipinski definition) is 0. The first-order valence-electron chi connectivity index (χ1n) is 6.18. The molecule has 0 N–H and O–H groups in total. The first-order chi connectivity index (χ1) is 8.97. The predicted molar refractivity (Wildman–Crippen MR) is 74.3 cm³/mol. The number of carbonyl (C=O) groups is 2. The Morgan fingerprint density at radius 1 is 1.32 bits per heavy atom. The number of rotatable bonds is 5. The number of carbonyl (C=O) groups excluding carboxylic acids is 2. The lowest BCUT2D eigenvalue weighted by atomic mass is 10.1. The van der Waals surface area contributed by atoms with Crippen molar-refractivity contribution in [2.75, 3.05) is 13.2 Å². The molecular formula is C14H18ClNO3. The number of ether oxygens (including phenoxy) is 1. The van der Waals surface area contributed by atoms with Gasteiger partial charge in [0, 0.05) is 6.04 Å². The highest BCUT2D eigenvalue weighted by atomic mass is 35.5. The lowest BCUT2D eigenvalue weighted by Gasteiger charge is -2.26. The molecule has 19 heavy (non-hydrogen) atoms. The van der Waals surface area contributed by atoms with E-state index in [4.69, 9.17) is 16.3 Å². The van der Waals surface area contributed by atoms with Gasteiger partial charge in [-0.15, -0.1) is 0 Å². The molecule has 0 fully saturated rings. The van der Waals surface area contributed by atoms with E-state index < -0.39 is 5.97 Å². The third-order valence-corrected chi connectivity index (χ3v) is 2.92. The molecule has 104 valence electrons. The van der Waals surface area contributed by atoms with Crippen LogP contribution in [-0.2, 0) is 9.53 Å². The van der Waals surface area contributed by atoms with Crippen molar-refractivity contribution >= 4 is 23.5 Å². The van der Waals surface area contributed by atoms with Crippen LogP contribution in [0.3, 0.4) is 0 Å². The summed E-state index contributed by atoms with van der Waals surface area (Å²) < 4.78 is 4.87. The minimum Gasteiger partial charge on any atom is -0.465 e. The molecule has 0 heterocycles. The molecule has 0 aliphatic rings. The van der Waals surface area contributed by atoms with E-state index >= 15 is 0 Å². The molecule has 4 nitrogen and oxygen atoms in total. The maximum Gasteiger partial charge on any atom is 0.325 e. The number of nitrogens with zero attached hydrogens (tertiary/aromatic N) is 1. The van der Waals surface area contributed by atoms with Gasteiger partial charge in [0.25, 0.3) is 5.91 Å². The highest BCUT2D eigenvalue weighted by molar-refractivity contribution is 6.33. The summed E-state index contributed by atoms with van der Waals surface area (Å²) in [5.41, 5.74) is 0.391. The summed E-state index contributed by atoms with van der Waals surface area (Å²) >= 11 is 6.00. The molecule has 0 unspecified atom stereocenters. The van der Waals surface area contributed by atoms with Crippen LogP contribution in [0, 0.1) is 0 Å². The van der Waals surface area contributed by atoms with Gasteiger partial charge in [0.2, 0.25) is 0 Å². The predicted octanol–water partition coefficient (Wildman–Crippen LogP) is 2.75. The van der Waals surface area contributed by atoms with Crippen molar-refractivity contribution in [1.29, 1.82) is 0 Å². The fourth-order valence-electron chi connectivity index (χ4n) is 1.62. The average Bonchev–Trinajstić information content (AvgIpc) is 2.36. The van der Waals surface area contributed by atoms with Crippen LogP contribution < -0.4 is 0 Å². The lowest BCUT2D eigenvalue weighted by molar-refractivity contribution is -0.144. The van der Waals surface area contributed by atoms with Crippen LogP contribution in [0.2, 0.25) is 5.02 Å². The maximum atomic E-state index is 12.4. The van der Waals surface area contributed by atoms with Crippen LogP contribution in [0.1, 0.15) is 31.1 Å². The van der Waals surface area contributed by atoms with Gasteiger partial charge in [0.1, 0.15) is 6.54 Å². The zero-order valence-corrected chi connectivity index (χ0v) is 12.1. The Bertz CT molecular complexity index is 460. The summed E-state index contributed by atoms with van der Waals surface area (Å²) in [4.78, 5) is 25.4. The van der Waals surface area contributed by atoms with E-state index in [-0.39, 0.29) is 18.5 Å². The van der Waals surface area contributed by atoms with Gasteiger partial charge in [-0.2, -0.15) is 0 Å². The quantitative estimate of drug-likeness (QED) is 0.781. The minimum atomic E-state index is -0.420. The molecule has 0 saturated carbocycles. The van der Waals surface area contributed by atoms with Crippen molar-refractivity contribution in [3.8, 4) is 0 Å². The van der Waals surface area contributed by atoms with Crippen molar-refractivity contribution < 1.29 is 14.3 Å². The fraction of sp³-hybridized carbons (Fsp3) is 0.429. The van der Waals surface area contributed by atoms with Gasteiger partial charge in [-0.3, -0.25) is 9.59 Å². The Balaban J connectivity index is 2.91. The van der Waals surface area contributed by atoms with Gasteiger partial charge >= 0.3 is 5.97 Å². The summed E-state index contributed by atoms with van der Waals surface area (Å²) in [5, 5.41) is 0.377. The lowest BCUT2D eigenvalue weighted by Crippen LogP contribution is -2.41. The average molecular weight is 284 g/mol. The highest BCUT2D eigenvalue weighted by Gasteiger charge is 2.23. The first kappa shape index (κ1) is 15.5. The van der Waals surface area contributed by atoms with Gasteiger partial charge in [-0.25, -0.2) is 0 Å². The Hall–Kier alpha value is -1.55. The van der Waals surface area contributed by atoms with Crippen molar-refractivity contribution in [1.82, 2.24) is 4.90 Å². The topological polar surface area (TPSA) is 46.6 Å². The normalized spacial score (nSPS) is 10.4. The van der Waals surface area contributed by atoms with Crippen LogP contribution in [0.25, 0.3) is 0 Å². The number of esters is 1. The third kappa shape index (κ3) is 4.24. The Labute approximate surface area is 118 Å². The monoisotopic (exact) mass is 283 g/mol. The third-order valence-electron chi connectivity index (χ3n) is 2.59. The molecule has 1 rings (SSSR count). The van der Waals surface area contributed by atoms with Crippen LogP contribution in [0.4, 0.5) is 0 Å². The number of amides is 1. The van der Waals surface area contributed by atoms with E-state index in [9.17, 15) is 9.59 Å². The number of halogens is 1. The molecule has 1 aromatic carbocycles. The second kappa shape index (κ2) is 7.14. The van der Waals surface area contributed by atoms with E-state index in [0.29, 0.717) is 17.2 Å². The van der Waals surface area contributed by atoms with Gasteiger partial charge in [-0.1, -0.05) is 23.7 Å². The van der Waals surface area contributed by atoms with Gasteiger partial charge in [-0.05, 0) is 32.9 Å². The van der Waals surface area contributed by atoms with Crippen molar-refractivity contribution in [3.63, 3.8) is 0 Å². The molecule has 0 aromatic heterocycles. The second-order valence-electron chi connectivity index (χ2n) is 4.31. The van der Waals surface area contributed by atoms with Crippen molar-refractivity contribution in [3.05, 3.63) is 34.9 Å². The van der Waals surface area contributed by atoms with E-state index in [0.717, 1.165) is 0 Å². The molecule has 0 bridgehead atoms. The molecule has 5 heteroatoms. The van der Waals surface area contributed by atoms with Crippen LogP contribution in [0.15, 0.2) is 24.3 Å². The Morgan fingerprint density at radius 2 is 1.95 bits per heavy atom. The Morgan fingerprint density at radius 3 is 2.47 bits per heavy atom. The van der Waals surface area contributed by atoms with E-state index in [1.807, 2.05) is 13.8 Å². The standard InChI is InChI=1S/C14H18ClNO3/c1-4-19-13(17)9-16(10(2)3)14(18)11-7-5-6-8-12(11)15/h5-8,10H,4,9H2,1-3H3. The van der Waals surface area contributed by atoms with Crippen molar-refractivity contribution in [2.24, 2.45) is 0 Å². The SMILES string of the molecule is CCOC(=O)CN(C(=O)c1ccccc1Cl)C(C)C. The smallest absolute Gasteiger partial charge is 0.325 e. The molecule has 0 spiro atoms. The van der Waals surface area contributed by atoms with E-state index in [2.05, 4.69) is 0 Å². The van der Waals surface area contributed by atoms with Crippen LogP contribution >= 0.6 is 11.6 Å². The second-order valence-corrected chi connectivity index (χ2v) is 4.72. The Kier molecular flexibility index (Phi) is 5.83. The van der Waals surface area contributed by atoms with Crippen LogP contribution in [0.5, 0.6) is 0 Å². The molecular weight excluding hydrogens is 266 g/mol. The molecule has 1 amide bonds. The minimum absolute atomic E-state index is 0.0738. The van der Waals surface area contributed by atoms with Gasteiger partial charge in [0.15, 0.2) is 0 Å². The molecule has 0 aliphatic carbocycles. The number of benzene rings is 1. The van der Waals surface area contributed by atoms with Crippen molar-refractivity contribution in [2.45, 2.75) is 26.8 Å². The molecule has 0 atom stereocenters.